The smallest absolute Gasteiger partial charge is 0.251 e. The lowest BCUT2D eigenvalue weighted by molar-refractivity contribution is 0.0950. The van der Waals surface area contributed by atoms with Gasteiger partial charge in [-0.2, -0.15) is 5.26 Å². The summed E-state index contributed by atoms with van der Waals surface area (Å²) in [6.45, 7) is 5.20. The number of nitrogens with zero attached hydrogens (tertiary/aromatic N) is 1. The highest BCUT2D eigenvalue weighted by Crippen LogP contribution is 2.28. The molecule has 124 valence electrons. The van der Waals surface area contributed by atoms with Crippen molar-refractivity contribution < 1.29 is 14.3 Å². The zero-order valence-electron chi connectivity index (χ0n) is 13.8. The maximum absolute atomic E-state index is 12.3. The van der Waals surface area contributed by atoms with Gasteiger partial charge in [0, 0.05) is 12.1 Å². The maximum atomic E-state index is 12.3. The van der Waals surface area contributed by atoms with Crippen LogP contribution in [0, 0.1) is 11.3 Å². The molecule has 0 fully saturated rings. The summed E-state index contributed by atoms with van der Waals surface area (Å²) in [6, 6.07) is 14.3. The summed E-state index contributed by atoms with van der Waals surface area (Å²) in [4.78, 5) is 12.3. The molecule has 2 aromatic rings. The number of amides is 1. The third kappa shape index (κ3) is 4.50. The predicted octanol–water partition coefficient (Wildman–Crippen LogP) is 3.29. The molecule has 0 aliphatic rings. The lowest BCUT2D eigenvalue weighted by Gasteiger charge is -2.12. The van der Waals surface area contributed by atoms with Crippen LogP contribution in [0.3, 0.4) is 0 Å². The first-order valence-electron chi connectivity index (χ1n) is 7.84. The molecule has 24 heavy (non-hydrogen) atoms. The van der Waals surface area contributed by atoms with Crippen molar-refractivity contribution >= 4 is 5.91 Å². The molecule has 0 saturated heterocycles. The van der Waals surface area contributed by atoms with Gasteiger partial charge < -0.3 is 14.8 Å². The fourth-order valence-electron chi connectivity index (χ4n) is 2.17. The number of rotatable bonds is 7. The molecule has 0 aliphatic carbocycles. The van der Waals surface area contributed by atoms with E-state index in [2.05, 4.69) is 11.4 Å². The van der Waals surface area contributed by atoms with Crippen molar-refractivity contribution in [2.75, 3.05) is 13.2 Å². The normalized spacial score (nSPS) is 9.88. The molecule has 0 unspecified atom stereocenters. The molecule has 2 aromatic carbocycles. The number of nitrogens with one attached hydrogen (secondary N) is 1. The summed E-state index contributed by atoms with van der Waals surface area (Å²) in [5, 5.41) is 11.6. The maximum Gasteiger partial charge on any atom is 0.251 e. The summed E-state index contributed by atoms with van der Waals surface area (Å²) in [5.74, 6) is 0.997. The Balaban J connectivity index is 2.05. The number of nitriles is 1. The van der Waals surface area contributed by atoms with E-state index in [4.69, 9.17) is 14.7 Å². The van der Waals surface area contributed by atoms with Gasteiger partial charge in [-0.15, -0.1) is 0 Å². The Bertz CT molecular complexity index is 733. The van der Waals surface area contributed by atoms with Crippen LogP contribution < -0.4 is 14.8 Å². The lowest BCUT2D eigenvalue weighted by atomic mass is 10.1. The standard InChI is InChI=1S/C19H20N2O3/c1-3-23-17-10-9-16(11-18(17)24-4-2)19(22)21-13-15-7-5-14(12-20)6-8-15/h5-11H,3-4,13H2,1-2H3,(H,21,22). The minimum Gasteiger partial charge on any atom is -0.490 e. The Morgan fingerprint density at radius 2 is 1.71 bits per heavy atom. The number of ether oxygens (including phenoxy) is 2. The van der Waals surface area contributed by atoms with Crippen molar-refractivity contribution in [3.63, 3.8) is 0 Å². The van der Waals surface area contributed by atoms with E-state index in [9.17, 15) is 4.79 Å². The van der Waals surface area contributed by atoms with Gasteiger partial charge in [0.1, 0.15) is 0 Å². The first-order chi connectivity index (χ1) is 11.7. The average molecular weight is 324 g/mol. The molecule has 0 saturated carbocycles. The Kier molecular flexibility index (Phi) is 6.21. The molecule has 0 atom stereocenters. The average Bonchev–Trinajstić information content (AvgIpc) is 2.62. The summed E-state index contributed by atoms with van der Waals surface area (Å²) in [5.41, 5.74) is 2.03. The first-order valence-corrected chi connectivity index (χ1v) is 7.84. The van der Waals surface area contributed by atoms with E-state index < -0.39 is 0 Å². The van der Waals surface area contributed by atoms with E-state index in [1.54, 1.807) is 30.3 Å². The number of carbonyl (C=O) groups excluding carboxylic acids is 1. The Morgan fingerprint density at radius 3 is 2.33 bits per heavy atom. The van der Waals surface area contributed by atoms with Gasteiger partial charge in [0.05, 0.1) is 24.8 Å². The number of hydrogen-bond donors (Lipinski definition) is 1. The van der Waals surface area contributed by atoms with Crippen LogP contribution >= 0.6 is 0 Å². The Morgan fingerprint density at radius 1 is 1.04 bits per heavy atom. The molecule has 0 aromatic heterocycles. The van der Waals surface area contributed by atoms with Crippen LogP contribution in [0.5, 0.6) is 11.5 Å². The van der Waals surface area contributed by atoms with E-state index in [1.165, 1.54) is 0 Å². The van der Waals surface area contributed by atoms with Gasteiger partial charge in [-0.1, -0.05) is 12.1 Å². The highest BCUT2D eigenvalue weighted by molar-refractivity contribution is 5.94. The van der Waals surface area contributed by atoms with Gasteiger partial charge in [-0.25, -0.2) is 0 Å². The van der Waals surface area contributed by atoms with Crippen LogP contribution in [0.15, 0.2) is 42.5 Å². The van der Waals surface area contributed by atoms with Gasteiger partial charge in [-0.05, 0) is 49.7 Å². The molecule has 5 nitrogen and oxygen atoms in total. The van der Waals surface area contributed by atoms with E-state index in [-0.39, 0.29) is 5.91 Å². The van der Waals surface area contributed by atoms with Gasteiger partial charge >= 0.3 is 0 Å². The highest BCUT2D eigenvalue weighted by Gasteiger charge is 2.11. The van der Waals surface area contributed by atoms with Crippen LogP contribution in [0.25, 0.3) is 0 Å². The van der Waals surface area contributed by atoms with Crippen LogP contribution in [-0.4, -0.2) is 19.1 Å². The molecular weight excluding hydrogens is 304 g/mol. The molecule has 1 amide bonds. The van der Waals surface area contributed by atoms with Gasteiger partial charge in [0.15, 0.2) is 11.5 Å². The molecule has 0 bridgehead atoms. The summed E-state index contributed by atoms with van der Waals surface area (Å²) in [7, 11) is 0. The zero-order valence-corrected chi connectivity index (χ0v) is 13.8. The second-order valence-electron chi connectivity index (χ2n) is 5.02. The number of carbonyl (C=O) groups is 1. The van der Waals surface area contributed by atoms with Gasteiger partial charge in [-0.3, -0.25) is 4.79 Å². The van der Waals surface area contributed by atoms with Crippen molar-refractivity contribution in [2.24, 2.45) is 0 Å². The molecule has 1 N–H and O–H groups in total. The second-order valence-corrected chi connectivity index (χ2v) is 5.02. The van der Waals surface area contributed by atoms with E-state index in [1.807, 2.05) is 26.0 Å². The molecule has 0 aliphatic heterocycles. The monoisotopic (exact) mass is 324 g/mol. The molecular formula is C19H20N2O3. The van der Waals surface area contributed by atoms with E-state index in [0.717, 1.165) is 5.56 Å². The minimum absolute atomic E-state index is 0.191. The third-order valence-electron chi connectivity index (χ3n) is 3.34. The first kappa shape index (κ1) is 17.4. The van der Waals surface area contributed by atoms with Gasteiger partial charge in [0.25, 0.3) is 5.91 Å². The van der Waals surface area contributed by atoms with E-state index >= 15 is 0 Å². The molecule has 0 radical (unpaired) electrons. The van der Waals surface area contributed by atoms with Crippen molar-refractivity contribution in [1.82, 2.24) is 5.32 Å². The number of benzene rings is 2. The Labute approximate surface area is 141 Å². The quantitative estimate of drug-likeness (QED) is 0.848. The fraction of sp³-hybridized carbons (Fsp3) is 0.263. The lowest BCUT2D eigenvalue weighted by Crippen LogP contribution is -2.22. The second kappa shape index (κ2) is 8.59. The minimum atomic E-state index is -0.191. The summed E-state index contributed by atoms with van der Waals surface area (Å²) in [6.07, 6.45) is 0. The largest absolute Gasteiger partial charge is 0.490 e. The number of hydrogen-bond acceptors (Lipinski definition) is 4. The topological polar surface area (TPSA) is 71.3 Å². The van der Waals surface area contributed by atoms with Crippen molar-refractivity contribution in [3.8, 4) is 17.6 Å². The van der Waals surface area contributed by atoms with Crippen molar-refractivity contribution in [2.45, 2.75) is 20.4 Å². The van der Waals surface area contributed by atoms with E-state index in [0.29, 0.717) is 42.4 Å². The Hall–Kier alpha value is -3.00. The summed E-state index contributed by atoms with van der Waals surface area (Å²) < 4.78 is 11.0. The predicted molar refractivity (Wildman–Crippen MR) is 91.1 cm³/mol. The van der Waals surface area contributed by atoms with Crippen LogP contribution in [0.1, 0.15) is 35.3 Å². The SMILES string of the molecule is CCOc1ccc(C(=O)NCc2ccc(C#N)cc2)cc1OCC. The van der Waals surface area contributed by atoms with Gasteiger partial charge in [0.2, 0.25) is 0 Å². The van der Waals surface area contributed by atoms with Crippen molar-refractivity contribution in [1.29, 1.82) is 5.26 Å². The molecule has 5 heteroatoms. The van der Waals surface area contributed by atoms with Crippen LogP contribution in [-0.2, 0) is 6.54 Å². The molecule has 0 heterocycles. The highest BCUT2D eigenvalue weighted by atomic mass is 16.5. The fourth-order valence-corrected chi connectivity index (χ4v) is 2.17. The zero-order chi connectivity index (χ0) is 17.4. The van der Waals surface area contributed by atoms with Crippen LogP contribution in [0.4, 0.5) is 0 Å². The van der Waals surface area contributed by atoms with Crippen LogP contribution in [0.2, 0.25) is 0 Å². The summed E-state index contributed by atoms with van der Waals surface area (Å²) >= 11 is 0. The molecule has 0 spiro atoms. The third-order valence-corrected chi connectivity index (χ3v) is 3.34. The van der Waals surface area contributed by atoms with Crippen molar-refractivity contribution in [3.05, 3.63) is 59.2 Å². The molecule has 2 rings (SSSR count).